The third-order valence-electron chi connectivity index (χ3n) is 2.73. The second-order valence-electron chi connectivity index (χ2n) is 4.92. The van der Waals surface area contributed by atoms with E-state index in [4.69, 9.17) is 4.74 Å². The van der Waals surface area contributed by atoms with Gasteiger partial charge in [-0.1, -0.05) is 59.3 Å². The molecule has 15 heavy (non-hydrogen) atoms. The highest BCUT2D eigenvalue weighted by atomic mass is 16.5. The maximum absolute atomic E-state index is 5.57. The fourth-order valence-electron chi connectivity index (χ4n) is 1.58. The number of ether oxygens (including phenoxy) is 1. The lowest BCUT2D eigenvalue weighted by molar-refractivity contribution is 0.119. The smallest absolute Gasteiger partial charge is 0.0468 e. The van der Waals surface area contributed by atoms with Gasteiger partial charge in [0.2, 0.25) is 0 Å². The molecule has 0 rings (SSSR count). The molecule has 92 valence electrons. The molecule has 0 saturated heterocycles. The molecule has 0 N–H and O–H groups in total. The second-order valence-corrected chi connectivity index (χ2v) is 4.92. The van der Waals surface area contributed by atoms with Crippen molar-refractivity contribution < 1.29 is 4.74 Å². The van der Waals surface area contributed by atoms with Crippen LogP contribution in [0.5, 0.6) is 0 Å². The van der Waals surface area contributed by atoms with Crippen LogP contribution in [-0.4, -0.2) is 13.2 Å². The van der Waals surface area contributed by atoms with Crippen LogP contribution in [0.2, 0.25) is 0 Å². The molecule has 0 atom stereocenters. The first kappa shape index (κ1) is 15.0. The van der Waals surface area contributed by atoms with Crippen molar-refractivity contribution in [3.63, 3.8) is 0 Å². The zero-order chi connectivity index (χ0) is 11.4. The van der Waals surface area contributed by atoms with Crippen molar-refractivity contribution in [2.45, 2.75) is 72.1 Å². The number of hydrogen-bond acceptors (Lipinski definition) is 1. The minimum absolute atomic E-state index is 0.777. The Balaban J connectivity index is 2.87. The van der Waals surface area contributed by atoms with E-state index in [-0.39, 0.29) is 0 Å². The fraction of sp³-hybridized carbons (Fsp3) is 1.00. The standard InChI is InChI=1S/C14H30O/c1-4-5-6-7-8-9-10-12-15-13-11-14(2)3/h14H,4-13H2,1-3H3. The van der Waals surface area contributed by atoms with E-state index < -0.39 is 0 Å². The van der Waals surface area contributed by atoms with Crippen molar-refractivity contribution in [1.82, 2.24) is 0 Å². The third kappa shape index (κ3) is 14.0. The van der Waals surface area contributed by atoms with Gasteiger partial charge in [0.05, 0.1) is 0 Å². The van der Waals surface area contributed by atoms with Gasteiger partial charge in [0.25, 0.3) is 0 Å². The zero-order valence-electron chi connectivity index (χ0n) is 11.1. The second kappa shape index (κ2) is 12.0. The van der Waals surface area contributed by atoms with Crippen LogP contribution in [-0.2, 0) is 4.74 Å². The highest BCUT2D eigenvalue weighted by Crippen LogP contribution is 2.07. The zero-order valence-corrected chi connectivity index (χ0v) is 11.1. The molecule has 0 bridgehead atoms. The molecular formula is C14H30O. The molecule has 0 heterocycles. The molecule has 0 radical (unpaired) electrons. The summed E-state index contributed by atoms with van der Waals surface area (Å²) in [5.74, 6) is 0.777. The fourth-order valence-corrected chi connectivity index (χ4v) is 1.58. The van der Waals surface area contributed by atoms with Crippen LogP contribution in [0.15, 0.2) is 0 Å². The summed E-state index contributed by atoms with van der Waals surface area (Å²) in [4.78, 5) is 0. The SMILES string of the molecule is CCCCCCCCCOCCC(C)C. The Kier molecular flexibility index (Phi) is 12.0. The average molecular weight is 214 g/mol. The molecular weight excluding hydrogens is 184 g/mol. The molecule has 0 amide bonds. The van der Waals surface area contributed by atoms with Gasteiger partial charge in [-0.15, -0.1) is 0 Å². The van der Waals surface area contributed by atoms with Gasteiger partial charge in [-0.2, -0.15) is 0 Å². The van der Waals surface area contributed by atoms with E-state index >= 15 is 0 Å². The summed E-state index contributed by atoms with van der Waals surface area (Å²) < 4.78 is 5.57. The predicted octanol–water partition coefficient (Wildman–Crippen LogP) is 4.80. The predicted molar refractivity (Wildman–Crippen MR) is 68.3 cm³/mol. The molecule has 1 nitrogen and oxygen atoms in total. The summed E-state index contributed by atoms with van der Waals surface area (Å²) in [6.45, 7) is 8.69. The lowest BCUT2D eigenvalue weighted by Gasteiger charge is -2.06. The Morgan fingerprint density at radius 2 is 1.40 bits per heavy atom. The van der Waals surface area contributed by atoms with Crippen LogP contribution in [0, 0.1) is 5.92 Å². The van der Waals surface area contributed by atoms with E-state index in [9.17, 15) is 0 Å². The van der Waals surface area contributed by atoms with Crippen LogP contribution >= 0.6 is 0 Å². The number of unbranched alkanes of at least 4 members (excludes halogenated alkanes) is 6. The van der Waals surface area contributed by atoms with Crippen molar-refractivity contribution in [1.29, 1.82) is 0 Å². The highest BCUT2D eigenvalue weighted by molar-refractivity contribution is 4.46. The molecule has 0 aliphatic rings. The molecule has 0 aromatic heterocycles. The molecule has 0 spiro atoms. The third-order valence-corrected chi connectivity index (χ3v) is 2.73. The van der Waals surface area contributed by atoms with Crippen molar-refractivity contribution in [3.05, 3.63) is 0 Å². The minimum atomic E-state index is 0.777. The number of hydrogen-bond donors (Lipinski definition) is 0. The van der Waals surface area contributed by atoms with E-state index in [2.05, 4.69) is 20.8 Å². The van der Waals surface area contributed by atoms with Crippen LogP contribution in [0.4, 0.5) is 0 Å². The Bertz CT molecular complexity index is 110. The lowest BCUT2D eigenvalue weighted by atomic mass is 10.1. The first-order valence-electron chi connectivity index (χ1n) is 6.85. The molecule has 1 heteroatoms. The van der Waals surface area contributed by atoms with Gasteiger partial charge < -0.3 is 4.74 Å². The largest absolute Gasteiger partial charge is 0.381 e. The molecule has 0 saturated carbocycles. The molecule has 0 unspecified atom stereocenters. The van der Waals surface area contributed by atoms with Gasteiger partial charge in [0.15, 0.2) is 0 Å². The molecule has 0 aliphatic carbocycles. The first-order valence-corrected chi connectivity index (χ1v) is 6.85. The summed E-state index contributed by atoms with van der Waals surface area (Å²) in [7, 11) is 0. The Morgan fingerprint density at radius 3 is 2.00 bits per heavy atom. The van der Waals surface area contributed by atoms with Crippen LogP contribution < -0.4 is 0 Å². The van der Waals surface area contributed by atoms with Crippen molar-refractivity contribution in [2.75, 3.05) is 13.2 Å². The van der Waals surface area contributed by atoms with Crippen LogP contribution in [0.25, 0.3) is 0 Å². The van der Waals surface area contributed by atoms with Crippen LogP contribution in [0.1, 0.15) is 72.1 Å². The minimum Gasteiger partial charge on any atom is -0.381 e. The maximum atomic E-state index is 5.57. The Labute approximate surface area is 96.6 Å². The Morgan fingerprint density at radius 1 is 0.800 bits per heavy atom. The van der Waals surface area contributed by atoms with Gasteiger partial charge in [0.1, 0.15) is 0 Å². The number of rotatable bonds is 11. The summed E-state index contributed by atoms with van der Waals surface area (Å²) in [6.07, 6.45) is 10.8. The molecule has 0 fully saturated rings. The molecule has 0 aromatic carbocycles. The molecule has 0 aliphatic heterocycles. The topological polar surface area (TPSA) is 9.23 Å². The van der Waals surface area contributed by atoms with E-state index in [0.29, 0.717) is 0 Å². The van der Waals surface area contributed by atoms with Gasteiger partial charge in [-0.05, 0) is 18.8 Å². The van der Waals surface area contributed by atoms with Gasteiger partial charge >= 0.3 is 0 Å². The normalized spacial score (nSPS) is 11.2. The summed E-state index contributed by atoms with van der Waals surface area (Å²) in [5, 5.41) is 0. The van der Waals surface area contributed by atoms with Crippen molar-refractivity contribution in [3.8, 4) is 0 Å². The van der Waals surface area contributed by atoms with E-state index in [1.807, 2.05) is 0 Å². The van der Waals surface area contributed by atoms with Gasteiger partial charge in [-0.3, -0.25) is 0 Å². The summed E-state index contributed by atoms with van der Waals surface area (Å²) in [5.41, 5.74) is 0. The molecule has 0 aromatic rings. The quantitative estimate of drug-likeness (QED) is 0.449. The van der Waals surface area contributed by atoms with Gasteiger partial charge in [-0.25, -0.2) is 0 Å². The lowest BCUT2D eigenvalue weighted by Crippen LogP contribution is -2.00. The van der Waals surface area contributed by atoms with Crippen molar-refractivity contribution in [2.24, 2.45) is 5.92 Å². The van der Waals surface area contributed by atoms with E-state index in [1.165, 1.54) is 51.4 Å². The van der Waals surface area contributed by atoms with E-state index in [0.717, 1.165) is 19.1 Å². The summed E-state index contributed by atoms with van der Waals surface area (Å²) in [6, 6.07) is 0. The first-order chi connectivity index (χ1) is 7.27. The van der Waals surface area contributed by atoms with Gasteiger partial charge in [0, 0.05) is 13.2 Å². The highest BCUT2D eigenvalue weighted by Gasteiger charge is 1.94. The Hall–Kier alpha value is -0.0400. The average Bonchev–Trinajstić information content (AvgIpc) is 2.20. The van der Waals surface area contributed by atoms with Crippen LogP contribution in [0.3, 0.4) is 0 Å². The summed E-state index contributed by atoms with van der Waals surface area (Å²) >= 11 is 0. The van der Waals surface area contributed by atoms with Crippen molar-refractivity contribution >= 4 is 0 Å². The maximum Gasteiger partial charge on any atom is 0.0468 e. The monoisotopic (exact) mass is 214 g/mol. The van der Waals surface area contributed by atoms with E-state index in [1.54, 1.807) is 0 Å².